The Hall–Kier alpha value is -1.23. The van der Waals surface area contributed by atoms with Crippen molar-refractivity contribution in [3.63, 3.8) is 0 Å². The van der Waals surface area contributed by atoms with E-state index in [1.807, 2.05) is 0 Å². The second-order valence-corrected chi connectivity index (χ2v) is 5.14. The highest BCUT2D eigenvalue weighted by molar-refractivity contribution is 6.46. The van der Waals surface area contributed by atoms with Crippen LogP contribution in [-0.2, 0) is 14.4 Å². The van der Waals surface area contributed by atoms with Crippen LogP contribution in [0.15, 0.2) is 0 Å². The van der Waals surface area contributed by atoms with Crippen molar-refractivity contribution in [3.05, 3.63) is 0 Å². The maximum absolute atomic E-state index is 12.1. The van der Waals surface area contributed by atoms with Crippen LogP contribution in [-0.4, -0.2) is 34.7 Å². The summed E-state index contributed by atoms with van der Waals surface area (Å²) in [5.74, 6) is -2.66. The molecule has 0 radical (unpaired) electrons. The molecular formula is C12H19NO4. The summed E-state index contributed by atoms with van der Waals surface area (Å²) in [6.45, 7) is 5.59. The van der Waals surface area contributed by atoms with E-state index in [1.165, 1.54) is 0 Å². The molecule has 1 rings (SSSR count). The minimum absolute atomic E-state index is 0.187. The Kier molecular flexibility index (Phi) is 3.71. The summed E-state index contributed by atoms with van der Waals surface area (Å²) >= 11 is 0. The van der Waals surface area contributed by atoms with Crippen molar-refractivity contribution in [2.75, 3.05) is 6.54 Å². The summed E-state index contributed by atoms with van der Waals surface area (Å²) in [5.41, 5.74) is -2.49. The molecule has 0 amide bonds. The lowest BCUT2D eigenvalue weighted by molar-refractivity contribution is -0.155. The van der Waals surface area contributed by atoms with Crippen LogP contribution in [0.3, 0.4) is 0 Å². The number of aliphatic carboxylic acids is 1. The van der Waals surface area contributed by atoms with Crippen molar-refractivity contribution in [1.82, 2.24) is 5.32 Å². The quantitative estimate of drug-likeness (QED) is 0.548. The fourth-order valence-electron chi connectivity index (χ4n) is 1.88. The zero-order chi connectivity index (χ0) is 13.3. The summed E-state index contributed by atoms with van der Waals surface area (Å²) in [5, 5.41) is 11.9. The molecule has 1 saturated heterocycles. The summed E-state index contributed by atoms with van der Waals surface area (Å²) in [6.07, 6.45) is 1.29. The van der Waals surface area contributed by atoms with E-state index in [-0.39, 0.29) is 6.42 Å². The summed E-state index contributed by atoms with van der Waals surface area (Å²) < 4.78 is 0. The Morgan fingerprint density at radius 2 is 1.94 bits per heavy atom. The number of ketones is 2. The lowest BCUT2D eigenvalue weighted by Crippen LogP contribution is -2.58. The Morgan fingerprint density at radius 1 is 1.35 bits per heavy atom. The van der Waals surface area contributed by atoms with Gasteiger partial charge in [0, 0.05) is 5.41 Å². The summed E-state index contributed by atoms with van der Waals surface area (Å²) in [4.78, 5) is 35.4. The van der Waals surface area contributed by atoms with Gasteiger partial charge in [-0.05, 0) is 25.8 Å². The molecule has 0 aliphatic carbocycles. The highest BCUT2D eigenvalue weighted by Crippen LogP contribution is 2.28. The average Bonchev–Trinajstić information content (AvgIpc) is 2.77. The molecule has 96 valence electrons. The first kappa shape index (κ1) is 13.8. The minimum atomic E-state index is -1.69. The fourth-order valence-corrected chi connectivity index (χ4v) is 1.88. The number of carboxylic acid groups (broad SMARTS) is 1. The van der Waals surface area contributed by atoms with Gasteiger partial charge in [-0.2, -0.15) is 0 Å². The van der Waals surface area contributed by atoms with Gasteiger partial charge in [0.1, 0.15) is 0 Å². The second kappa shape index (κ2) is 4.56. The van der Waals surface area contributed by atoms with Gasteiger partial charge in [0.15, 0.2) is 5.54 Å². The van der Waals surface area contributed by atoms with Gasteiger partial charge in [-0.3, -0.25) is 14.9 Å². The molecule has 1 aliphatic heterocycles. The Balaban J connectivity index is 3.02. The molecule has 5 heteroatoms. The predicted octanol–water partition coefficient (Wildman–Crippen LogP) is 0.768. The molecular weight excluding hydrogens is 222 g/mol. The number of hydrogen-bond donors (Lipinski definition) is 2. The van der Waals surface area contributed by atoms with Crippen LogP contribution < -0.4 is 5.32 Å². The molecule has 1 aliphatic rings. The fraction of sp³-hybridized carbons (Fsp3) is 0.750. The molecule has 0 unspecified atom stereocenters. The molecule has 0 aromatic carbocycles. The van der Waals surface area contributed by atoms with Gasteiger partial charge in [-0.25, -0.2) is 4.79 Å². The molecule has 2 N–H and O–H groups in total. The van der Waals surface area contributed by atoms with E-state index >= 15 is 0 Å². The van der Waals surface area contributed by atoms with E-state index < -0.39 is 28.5 Å². The molecule has 0 aromatic rings. The van der Waals surface area contributed by atoms with E-state index in [9.17, 15) is 19.5 Å². The molecule has 1 atom stereocenters. The van der Waals surface area contributed by atoms with Crippen molar-refractivity contribution in [2.45, 2.75) is 45.6 Å². The number of carbonyl (C=O) groups is 3. The monoisotopic (exact) mass is 241 g/mol. The maximum atomic E-state index is 12.1. The first-order chi connectivity index (χ1) is 7.78. The van der Waals surface area contributed by atoms with Crippen molar-refractivity contribution < 1.29 is 19.5 Å². The number of rotatable bonds is 5. The first-order valence-corrected chi connectivity index (χ1v) is 5.85. The van der Waals surface area contributed by atoms with Gasteiger partial charge in [-0.1, -0.05) is 20.8 Å². The predicted molar refractivity (Wildman–Crippen MR) is 61.7 cm³/mol. The molecule has 0 spiro atoms. The Labute approximate surface area is 101 Å². The van der Waals surface area contributed by atoms with Crippen molar-refractivity contribution in [2.24, 2.45) is 5.41 Å². The third kappa shape index (κ3) is 2.24. The molecule has 0 saturated carbocycles. The van der Waals surface area contributed by atoms with Gasteiger partial charge in [0.2, 0.25) is 11.6 Å². The van der Waals surface area contributed by atoms with Crippen LogP contribution >= 0.6 is 0 Å². The normalized spacial score (nSPS) is 24.6. The van der Waals surface area contributed by atoms with Crippen LogP contribution in [0.25, 0.3) is 0 Å². The number of nitrogens with one attached hydrogen (secondary N) is 1. The van der Waals surface area contributed by atoms with Crippen LogP contribution in [0.2, 0.25) is 0 Å². The van der Waals surface area contributed by atoms with E-state index in [4.69, 9.17) is 0 Å². The molecule has 0 aromatic heterocycles. The van der Waals surface area contributed by atoms with Crippen LogP contribution in [0.4, 0.5) is 0 Å². The van der Waals surface area contributed by atoms with Crippen LogP contribution in [0.1, 0.15) is 40.0 Å². The SMILES string of the molecule is CCC(C)(C)C(=O)C(=O)[C@]1(C(=O)O)CCCN1. The van der Waals surface area contributed by atoms with E-state index in [1.54, 1.807) is 20.8 Å². The number of Topliss-reactive ketones (excluding diaryl/α,β-unsaturated/α-hetero) is 2. The molecule has 5 nitrogen and oxygen atoms in total. The van der Waals surface area contributed by atoms with Crippen molar-refractivity contribution in [3.8, 4) is 0 Å². The summed E-state index contributed by atoms with van der Waals surface area (Å²) in [7, 11) is 0. The molecule has 1 heterocycles. The zero-order valence-corrected chi connectivity index (χ0v) is 10.5. The number of carbonyl (C=O) groups excluding carboxylic acids is 2. The largest absolute Gasteiger partial charge is 0.480 e. The number of carboxylic acids is 1. The first-order valence-electron chi connectivity index (χ1n) is 5.85. The maximum Gasteiger partial charge on any atom is 0.332 e. The highest BCUT2D eigenvalue weighted by atomic mass is 16.4. The molecule has 1 fully saturated rings. The highest BCUT2D eigenvalue weighted by Gasteiger charge is 2.52. The van der Waals surface area contributed by atoms with Gasteiger partial charge in [-0.15, -0.1) is 0 Å². The topological polar surface area (TPSA) is 83.5 Å². The van der Waals surface area contributed by atoms with Crippen molar-refractivity contribution >= 4 is 17.5 Å². The third-order valence-corrected chi connectivity index (χ3v) is 3.61. The van der Waals surface area contributed by atoms with Gasteiger partial charge >= 0.3 is 5.97 Å². The zero-order valence-electron chi connectivity index (χ0n) is 10.5. The van der Waals surface area contributed by atoms with Crippen LogP contribution in [0.5, 0.6) is 0 Å². The Bertz CT molecular complexity index is 354. The second-order valence-electron chi connectivity index (χ2n) is 5.14. The van der Waals surface area contributed by atoms with E-state index in [0.717, 1.165) is 0 Å². The average molecular weight is 241 g/mol. The summed E-state index contributed by atoms with van der Waals surface area (Å²) in [6, 6.07) is 0. The lowest BCUT2D eigenvalue weighted by atomic mass is 9.77. The molecule has 17 heavy (non-hydrogen) atoms. The van der Waals surface area contributed by atoms with Gasteiger partial charge in [0.05, 0.1) is 0 Å². The number of hydrogen-bond acceptors (Lipinski definition) is 4. The van der Waals surface area contributed by atoms with Crippen LogP contribution in [0, 0.1) is 5.41 Å². The third-order valence-electron chi connectivity index (χ3n) is 3.61. The smallest absolute Gasteiger partial charge is 0.332 e. The standard InChI is InChI=1S/C12H19NO4/c1-4-11(2,3)8(14)9(15)12(10(16)17)6-5-7-13-12/h13H,4-7H2,1-3H3,(H,16,17)/t12-/m0/s1. The molecule has 0 bridgehead atoms. The van der Waals surface area contributed by atoms with Gasteiger partial charge < -0.3 is 5.11 Å². The lowest BCUT2D eigenvalue weighted by Gasteiger charge is -2.27. The van der Waals surface area contributed by atoms with Gasteiger partial charge in [0.25, 0.3) is 0 Å². The van der Waals surface area contributed by atoms with E-state index in [0.29, 0.717) is 19.4 Å². The minimum Gasteiger partial charge on any atom is -0.480 e. The van der Waals surface area contributed by atoms with Crippen molar-refractivity contribution in [1.29, 1.82) is 0 Å². The Morgan fingerprint density at radius 3 is 2.29 bits per heavy atom. The van der Waals surface area contributed by atoms with E-state index in [2.05, 4.69) is 5.32 Å².